The lowest BCUT2D eigenvalue weighted by atomic mass is 10.0. The molecular formula is C14H18N2O3. The van der Waals surface area contributed by atoms with E-state index in [0.29, 0.717) is 19.5 Å². The molecule has 1 amide bonds. The molecule has 1 saturated heterocycles. The molecule has 1 heterocycles. The van der Waals surface area contributed by atoms with E-state index >= 15 is 0 Å². The summed E-state index contributed by atoms with van der Waals surface area (Å²) < 4.78 is 4.72. The molecule has 1 atom stereocenters. The van der Waals surface area contributed by atoms with E-state index in [1.54, 1.807) is 0 Å². The van der Waals surface area contributed by atoms with E-state index in [1.165, 1.54) is 7.11 Å². The second-order valence-corrected chi connectivity index (χ2v) is 4.53. The lowest BCUT2D eigenvalue weighted by Gasteiger charge is -2.28. The van der Waals surface area contributed by atoms with Gasteiger partial charge in [0.25, 0.3) is 0 Å². The molecule has 0 radical (unpaired) electrons. The van der Waals surface area contributed by atoms with Crippen LogP contribution in [0, 0.1) is 0 Å². The van der Waals surface area contributed by atoms with Crippen molar-refractivity contribution in [3.05, 3.63) is 35.9 Å². The maximum absolute atomic E-state index is 11.7. The summed E-state index contributed by atoms with van der Waals surface area (Å²) in [6.45, 7) is 1.39. The smallest absolute Gasteiger partial charge is 0.319 e. The molecule has 19 heavy (non-hydrogen) atoms. The van der Waals surface area contributed by atoms with Crippen molar-refractivity contribution < 1.29 is 14.3 Å². The Hall–Kier alpha value is -1.88. The van der Waals surface area contributed by atoms with Gasteiger partial charge in [0.2, 0.25) is 5.91 Å². The van der Waals surface area contributed by atoms with Crippen LogP contribution in [0.4, 0.5) is 0 Å². The standard InChI is InChI=1S/C14H18N2O3/c1-19-14(18)10-16-8-7-15-13(17)9-12(16)11-5-3-2-4-6-11/h2-6,12H,7-10H2,1H3,(H,15,17)/t12-/m1/s1. The van der Waals surface area contributed by atoms with Gasteiger partial charge in [0.15, 0.2) is 0 Å². The summed E-state index contributed by atoms with van der Waals surface area (Å²) in [7, 11) is 1.38. The number of amides is 1. The lowest BCUT2D eigenvalue weighted by Crippen LogP contribution is -2.35. The van der Waals surface area contributed by atoms with Crippen LogP contribution >= 0.6 is 0 Å². The fourth-order valence-corrected chi connectivity index (χ4v) is 2.30. The van der Waals surface area contributed by atoms with E-state index in [9.17, 15) is 9.59 Å². The maximum atomic E-state index is 11.7. The Balaban J connectivity index is 2.21. The van der Waals surface area contributed by atoms with Gasteiger partial charge in [-0.05, 0) is 5.56 Å². The number of benzene rings is 1. The van der Waals surface area contributed by atoms with Gasteiger partial charge in [0.05, 0.1) is 13.7 Å². The largest absolute Gasteiger partial charge is 0.468 e. The summed E-state index contributed by atoms with van der Waals surface area (Å²) in [5, 5.41) is 2.83. The first-order valence-corrected chi connectivity index (χ1v) is 6.33. The Bertz CT molecular complexity index is 447. The molecule has 0 saturated carbocycles. The molecule has 0 aliphatic carbocycles. The Morgan fingerprint density at radius 3 is 2.84 bits per heavy atom. The van der Waals surface area contributed by atoms with Gasteiger partial charge in [-0.3, -0.25) is 14.5 Å². The molecule has 1 aromatic carbocycles. The number of carbonyl (C=O) groups is 2. The second-order valence-electron chi connectivity index (χ2n) is 4.53. The Kier molecular flexibility index (Phi) is 4.52. The third-order valence-corrected chi connectivity index (χ3v) is 3.28. The predicted octanol–water partition coefficient (Wildman–Crippen LogP) is 0.723. The summed E-state index contributed by atoms with van der Waals surface area (Å²) >= 11 is 0. The third-order valence-electron chi connectivity index (χ3n) is 3.28. The molecule has 1 aromatic rings. The van der Waals surface area contributed by atoms with Crippen LogP contribution in [0.2, 0.25) is 0 Å². The van der Waals surface area contributed by atoms with Gasteiger partial charge in [-0.25, -0.2) is 0 Å². The van der Waals surface area contributed by atoms with Crippen LogP contribution in [0.15, 0.2) is 30.3 Å². The fraction of sp³-hybridized carbons (Fsp3) is 0.429. The van der Waals surface area contributed by atoms with Gasteiger partial charge < -0.3 is 10.1 Å². The highest BCUT2D eigenvalue weighted by atomic mass is 16.5. The Morgan fingerprint density at radius 1 is 1.42 bits per heavy atom. The van der Waals surface area contributed by atoms with Crippen molar-refractivity contribution in [2.45, 2.75) is 12.5 Å². The molecule has 0 bridgehead atoms. The van der Waals surface area contributed by atoms with Crippen molar-refractivity contribution in [3.63, 3.8) is 0 Å². The zero-order valence-corrected chi connectivity index (χ0v) is 11.0. The summed E-state index contributed by atoms with van der Waals surface area (Å²) in [6.07, 6.45) is 0.362. The zero-order valence-electron chi connectivity index (χ0n) is 11.0. The molecule has 102 valence electrons. The van der Waals surface area contributed by atoms with Gasteiger partial charge in [-0.15, -0.1) is 0 Å². The monoisotopic (exact) mass is 262 g/mol. The van der Waals surface area contributed by atoms with Crippen molar-refractivity contribution in [2.24, 2.45) is 0 Å². The molecule has 5 heteroatoms. The molecular weight excluding hydrogens is 244 g/mol. The first-order valence-electron chi connectivity index (χ1n) is 6.33. The van der Waals surface area contributed by atoms with Crippen molar-refractivity contribution in [3.8, 4) is 0 Å². The quantitative estimate of drug-likeness (QED) is 0.816. The van der Waals surface area contributed by atoms with Crippen molar-refractivity contribution >= 4 is 11.9 Å². The van der Waals surface area contributed by atoms with Gasteiger partial charge >= 0.3 is 5.97 Å². The van der Waals surface area contributed by atoms with Crippen molar-refractivity contribution in [1.82, 2.24) is 10.2 Å². The van der Waals surface area contributed by atoms with Gasteiger partial charge in [-0.2, -0.15) is 0 Å². The van der Waals surface area contributed by atoms with Crippen LogP contribution in [-0.2, 0) is 14.3 Å². The SMILES string of the molecule is COC(=O)CN1CCNC(=O)C[C@@H]1c1ccccc1. The minimum absolute atomic E-state index is 0.0150. The van der Waals surface area contributed by atoms with Crippen LogP contribution in [0.5, 0.6) is 0 Å². The van der Waals surface area contributed by atoms with Crippen LogP contribution in [0.25, 0.3) is 0 Å². The Morgan fingerprint density at radius 2 is 2.16 bits per heavy atom. The van der Waals surface area contributed by atoms with Gasteiger partial charge in [0, 0.05) is 25.6 Å². The molecule has 1 aliphatic heterocycles. The highest BCUT2D eigenvalue weighted by Crippen LogP contribution is 2.25. The molecule has 1 N–H and O–H groups in total. The molecule has 0 aromatic heterocycles. The number of methoxy groups -OCH3 is 1. The normalized spacial score (nSPS) is 20.5. The number of rotatable bonds is 3. The van der Waals surface area contributed by atoms with Crippen molar-refractivity contribution in [1.29, 1.82) is 0 Å². The lowest BCUT2D eigenvalue weighted by molar-refractivity contribution is -0.142. The Labute approximate surface area is 112 Å². The first-order chi connectivity index (χ1) is 9.20. The van der Waals surface area contributed by atoms with Crippen molar-refractivity contribution in [2.75, 3.05) is 26.7 Å². The van der Waals surface area contributed by atoms with Gasteiger partial charge in [0.1, 0.15) is 0 Å². The van der Waals surface area contributed by atoms with Crippen LogP contribution in [0.1, 0.15) is 18.0 Å². The number of hydrogen-bond donors (Lipinski definition) is 1. The first kappa shape index (κ1) is 13.5. The average molecular weight is 262 g/mol. The van der Waals surface area contributed by atoms with Gasteiger partial charge in [-0.1, -0.05) is 30.3 Å². The van der Waals surface area contributed by atoms with E-state index in [0.717, 1.165) is 5.56 Å². The maximum Gasteiger partial charge on any atom is 0.319 e. The van der Waals surface area contributed by atoms with Crippen LogP contribution in [-0.4, -0.2) is 43.5 Å². The number of nitrogens with one attached hydrogen (secondary N) is 1. The average Bonchev–Trinajstić information content (AvgIpc) is 2.61. The molecule has 0 spiro atoms. The summed E-state index contributed by atoms with van der Waals surface area (Å²) in [5.41, 5.74) is 1.04. The number of carbonyl (C=O) groups excluding carboxylic acids is 2. The zero-order chi connectivity index (χ0) is 13.7. The summed E-state index contributed by atoms with van der Waals surface area (Å²) in [5.74, 6) is -0.267. The van der Waals surface area contributed by atoms with E-state index < -0.39 is 0 Å². The van der Waals surface area contributed by atoms with E-state index in [-0.39, 0.29) is 24.5 Å². The minimum Gasteiger partial charge on any atom is -0.468 e. The molecule has 1 fully saturated rings. The second kappa shape index (κ2) is 6.33. The highest BCUT2D eigenvalue weighted by Gasteiger charge is 2.27. The molecule has 1 aliphatic rings. The highest BCUT2D eigenvalue weighted by molar-refractivity contribution is 5.77. The molecule has 5 nitrogen and oxygen atoms in total. The van der Waals surface area contributed by atoms with E-state index in [2.05, 4.69) is 5.32 Å². The summed E-state index contributed by atoms with van der Waals surface area (Å²) in [6, 6.07) is 9.69. The van der Waals surface area contributed by atoms with Crippen LogP contribution in [0.3, 0.4) is 0 Å². The number of nitrogens with zero attached hydrogens (tertiary/aromatic N) is 1. The summed E-state index contributed by atoms with van der Waals surface area (Å²) in [4.78, 5) is 25.2. The number of hydrogen-bond acceptors (Lipinski definition) is 4. The predicted molar refractivity (Wildman–Crippen MR) is 70.4 cm³/mol. The third kappa shape index (κ3) is 3.54. The molecule has 2 rings (SSSR count). The van der Waals surface area contributed by atoms with E-state index in [1.807, 2.05) is 35.2 Å². The van der Waals surface area contributed by atoms with Crippen LogP contribution < -0.4 is 5.32 Å². The number of ether oxygens (including phenoxy) is 1. The number of esters is 1. The minimum atomic E-state index is -0.282. The molecule has 0 unspecified atom stereocenters. The topological polar surface area (TPSA) is 58.6 Å². The fourth-order valence-electron chi connectivity index (χ4n) is 2.30. The van der Waals surface area contributed by atoms with E-state index in [4.69, 9.17) is 4.74 Å².